The fourth-order valence-corrected chi connectivity index (χ4v) is 2.31. The summed E-state index contributed by atoms with van der Waals surface area (Å²) in [7, 11) is 0. The largest absolute Gasteiger partial charge is 0.463 e. The monoisotopic (exact) mass is 357 g/mol. The van der Waals surface area contributed by atoms with Crippen LogP contribution in [0.4, 0.5) is 0 Å². The Morgan fingerprint density at radius 1 is 1.40 bits per heavy atom. The molecule has 0 aromatic heterocycles. The maximum atomic E-state index is 11.3. The van der Waals surface area contributed by atoms with Gasteiger partial charge in [0.2, 0.25) is 0 Å². The highest BCUT2D eigenvalue weighted by Crippen LogP contribution is 2.27. The molecule has 0 radical (unpaired) electrons. The third-order valence-corrected chi connectivity index (χ3v) is 3.41. The summed E-state index contributed by atoms with van der Waals surface area (Å²) in [6, 6.07) is -1.08. The van der Waals surface area contributed by atoms with Gasteiger partial charge in [-0.15, -0.1) is 6.58 Å². The van der Waals surface area contributed by atoms with Gasteiger partial charge in [0.15, 0.2) is 6.29 Å². The zero-order chi connectivity index (χ0) is 18.8. The lowest BCUT2D eigenvalue weighted by Crippen LogP contribution is -2.60. The van der Waals surface area contributed by atoms with Gasteiger partial charge in [0, 0.05) is 18.8 Å². The number of hydrogen-bond donors (Lipinski definition) is 1. The number of carbonyl (C=O) groups is 2. The number of hydrogen-bond acceptors (Lipinski definition) is 8. The van der Waals surface area contributed by atoms with Crippen LogP contribution in [0.1, 0.15) is 26.7 Å². The van der Waals surface area contributed by atoms with Gasteiger partial charge in [-0.3, -0.25) is 9.59 Å². The van der Waals surface area contributed by atoms with Crippen LogP contribution in [-0.2, 0) is 28.5 Å². The van der Waals surface area contributed by atoms with Gasteiger partial charge in [-0.05, 0) is 18.4 Å². The van der Waals surface area contributed by atoms with Crippen molar-refractivity contribution in [1.82, 2.24) is 0 Å². The van der Waals surface area contributed by atoms with Gasteiger partial charge in [0.05, 0.1) is 6.61 Å². The molecule has 0 unspecified atom stereocenters. The predicted molar refractivity (Wildman–Crippen MR) is 85.2 cm³/mol. The van der Waals surface area contributed by atoms with Crippen molar-refractivity contribution in [3.8, 4) is 0 Å². The van der Waals surface area contributed by atoms with Crippen molar-refractivity contribution < 1.29 is 33.6 Å². The molecular weight excluding hydrogens is 334 g/mol. The lowest BCUT2D eigenvalue weighted by molar-refractivity contribution is -0.270. The summed E-state index contributed by atoms with van der Waals surface area (Å²) in [5, 5.41) is 13.9. The molecule has 1 fully saturated rings. The first kappa shape index (κ1) is 20.9. The fraction of sp³-hybridized carbons (Fsp3) is 0.733. The summed E-state index contributed by atoms with van der Waals surface area (Å²) in [6.07, 6.45) is -1.51. The zero-order valence-corrected chi connectivity index (χ0v) is 14.2. The molecule has 1 aliphatic rings. The van der Waals surface area contributed by atoms with Crippen molar-refractivity contribution in [2.45, 2.75) is 57.3 Å². The fourth-order valence-electron chi connectivity index (χ4n) is 2.31. The number of carbonyl (C=O) groups excluding carboxylic acids is 2. The quantitative estimate of drug-likeness (QED) is 0.163. The van der Waals surface area contributed by atoms with Crippen LogP contribution in [0.3, 0.4) is 0 Å². The van der Waals surface area contributed by atoms with E-state index in [1.54, 1.807) is 6.08 Å². The molecule has 0 saturated carbocycles. The van der Waals surface area contributed by atoms with Gasteiger partial charge in [0.1, 0.15) is 31.0 Å². The molecule has 1 aliphatic heterocycles. The molecule has 10 heteroatoms. The van der Waals surface area contributed by atoms with Crippen LogP contribution in [0.25, 0.3) is 10.4 Å². The summed E-state index contributed by atoms with van der Waals surface area (Å²) >= 11 is 0. The smallest absolute Gasteiger partial charge is 0.303 e. The van der Waals surface area contributed by atoms with Crippen molar-refractivity contribution in [2.24, 2.45) is 5.11 Å². The molecule has 0 aliphatic carbocycles. The Balaban J connectivity index is 2.94. The van der Waals surface area contributed by atoms with E-state index in [-0.39, 0.29) is 13.2 Å². The van der Waals surface area contributed by atoms with E-state index in [0.29, 0.717) is 12.8 Å². The van der Waals surface area contributed by atoms with E-state index in [4.69, 9.17) is 24.5 Å². The van der Waals surface area contributed by atoms with Crippen molar-refractivity contribution in [3.63, 3.8) is 0 Å². The van der Waals surface area contributed by atoms with E-state index in [9.17, 15) is 14.7 Å². The van der Waals surface area contributed by atoms with Gasteiger partial charge in [0.25, 0.3) is 0 Å². The number of ether oxygens (including phenoxy) is 4. The highest BCUT2D eigenvalue weighted by Gasteiger charge is 2.48. The highest BCUT2D eigenvalue weighted by molar-refractivity contribution is 5.66. The van der Waals surface area contributed by atoms with Crippen LogP contribution in [-0.4, -0.2) is 60.9 Å². The third kappa shape index (κ3) is 6.71. The number of aliphatic hydroxyl groups is 1. The molecule has 0 bridgehead atoms. The maximum Gasteiger partial charge on any atom is 0.303 e. The molecule has 0 spiro atoms. The first-order valence-corrected chi connectivity index (χ1v) is 7.81. The average molecular weight is 357 g/mol. The van der Waals surface area contributed by atoms with E-state index >= 15 is 0 Å². The number of azide groups is 1. The molecule has 5 atom stereocenters. The normalized spacial score (nSPS) is 28.5. The molecule has 0 amide bonds. The summed E-state index contributed by atoms with van der Waals surface area (Å²) < 4.78 is 21.1. The second-order valence-corrected chi connectivity index (χ2v) is 5.41. The number of unbranched alkanes of at least 4 members (excludes halogenated alkanes) is 1. The van der Waals surface area contributed by atoms with Crippen LogP contribution >= 0.6 is 0 Å². The van der Waals surface area contributed by atoms with E-state index in [1.807, 2.05) is 0 Å². The minimum Gasteiger partial charge on any atom is -0.463 e. The third-order valence-electron chi connectivity index (χ3n) is 3.41. The molecule has 1 saturated heterocycles. The molecular formula is C15H23N3O7. The molecule has 140 valence electrons. The summed E-state index contributed by atoms with van der Waals surface area (Å²) in [5.41, 5.74) is 8.77. The first-order chi connectivity index (χ1) is 11.9. The van der Waals surface area contributed by atoms with Crippen LogP contribution in [0.5, 0.6) is 0 Å². The molecule has 0 aromatic carbocycles. The summed E-state index contributed by atoms with van der Waals surface area (Å²) in [4.78, 5) is 25.0. The predicted octanol–water partition coefficient (Wildman–Crippen LogP) is 1.23. The molecule has 1 rings (SSSR count). The Morgan fingerprint density at radius 3 is 2.68 bits per heavy atom. The second kappa shape index (κ2) is 10.7. The number of aliphatic hydroxyl groups excluding tert-OH is 1. The van der Waals surface area contributed by atoms with Gasteiger partial charge in [-0.25, -0.2) is 0 Å². The number of allylic oxidation sites excluding steroid dienone is 1. The summed E-state index contributed by atoms with van der Waals surface area (Å²) in [5.74, 6) is -1.22. The second-order valence-electron chi connectivity index (χ2n) is 5.41. The van der Waals surface area contributed by atoms with Crippen molar-refractivity contribution in [1.29, 1.82) is 0 Å². The molecule has 10 nitrogen and oxygen atoms in total. The van der Waals surface area contributed by atoms with Crippen molar-refractivity contribution in [2.75, 3.05) is 13.2 Å². The average Bonchev–Trinajstić information content (AvgIpc) is 2.55. The number of nitrogens with zero attached hydrogens (tertiary/aromatic N) is 3. The molecule has 25 heavy (non-hydrogen) atoms. The minimum absolute atomic E-state index is 0.260. The lowest BCUT2D eigenvalue weighted by atomic mass is 9.97. The minimum atomic E-state index is -1.35. The number of rotatable bonds is 9. The van der Waals surface area contributed by atoms with Crippen LogP contribution in [0.15, 0.2) is 17.8 Å². The summed E-state index contributed by atoms with van der Waals surface area (Å²) in [6.45, 7) is 6.00. The topological polar surface area (TPSA) is 140 Å². The van der Waals surface area contributed by atoms with Gasteiger partial charge in [-0.1, -0.05) is 11.2 Å². The van der Waals surface area contributed by atoms with Gasteiger partial charge >= 0.3 is 11.9 Å². The van der Waals surface area contributed by atoms with Crippen LogP contribution in [0.2, 0.25) is 0 Å². The van der Waals surface area contributed by atoms with Gasteiger partial charge < -0.3 is 24.1 Å². The first-order valence-electron chi connectivity index (χ1n) is 7.81. The Bertz CT molecular complexity index is 521. The Morgan fingerprint density at radius 2 is 2.12 bits per heavy atom. The van der Waals surface area contributed by atoms with E-state index in [2.05, 4.69) is 16.6 Å². The molecule has 1 heterocycles. The van der Waals surface area contributed by atoms with Crippen LogP contribution < -0.4 is 0 Å². The maximum absolute atomic E-state index is 11.3. The molecule has 1 N–H and O–H groups in total. The van der Waals surface area contributed by atoms with E-state index in [0.717, 1.165) is 6.92 Å². The van der Waals surface area contributed by atoms with Crippen molar-refractivity contribution in [3.05, 3.63) is 23.1 Å². The molecule has 0 aromatic rings. The Kier molecular flexibility index (Phi) is 8.93. The standard InChI is InChI=1S/C15H23N3O7/c1-4-5-6-7-22-15-12(17-18-16)14(24-10(3)20)13(21)11(25-15)8-23-9(2)19/h4,11-15,21H,1,5-8H2,2-3H3/t11-,12-,13-,14-,15-/m1/s1. The number of esters is 2. The highest BCUT2D eigenvalue weighted by atomic mass is 16.7. The SMILES string of the molecule is C=CCCCO[C@@H]1O[C@H](COC(C)=O)[C@@H](O)[C@H](OC(C)=O)[C@H]1N=[N+]=[N-]. The Hall–Kier alpha value is -2.13. The van der Waals surface area contributed by atoms with E-state index < -0.39 is 42.6 Å². The lowest BCUT2D eigenvalue weighted by Gasteiger charge is -2.41. The van der Waals surface area contributed by atoms with Crippen LogP contribution in [0, 0.1) is 0 Å². The van der Waals surface area contributed by atoms with E-state index in [1.165, 1.54) is 6.92 Å². The van der Waals surface area contributed by atoms with Gasteiger partial charge in [-0.2, -0.15) is 0 Å². The Labute approximate surface area is 145 Å². The van der Waals surface area contributed by atoms with Crippen molar-refractivity contribution >= 4 is 11.9 Å². The zero-order valence-electron chi connectivity index (χ0n) is 14.2.